The molecule has 0 saturated carbocycles. The number of carbonyl (C=O) groups is 1. The average Bonchev–Trinajstić information content (AvgIpc) is 2.63. The van der Waals surface area contributed by atoms with Crippen LogP contribution in [0.3, 0.4) is 0 Å². The quantitative estimate of drug-likeness (QED) is 0.657. The van der Waals surface area contributed by atoms with E-state index in [2.05, 4.69) is 0 Å². The van der Waals surface area contributed by atoms with Gasteiger partial charge in [0.2, 0.25) is 0 Å². The normalized spacial score (nSPS) is 10.5. The highest BCUT2D eigenvalue weighted by molar-refractivity contribution is 6.30. The summed E-state index contributed by atoms with van der Waals surface area (Å²) in [5, 5.41) is 0.442. The van der Waals surface area contributed by atoms with Crippen LogP contribution in [0.4, 0.5) is 0 Å². The summed E-state index contributed by atoms with van der Waals surface area (Å²) >= 11 is 5.84. The first kappa shape index (κ1) is 17.7. The van der Waals surface area contributed by atoms with Crippen LogP contribution in [0.5, 0.6) is 0 Å². The SMILES string of the molecule is CCOC(=O)c1c(-c2ccccc2)oc(=O)n(-c2ccc(Cl)cc2)c1=O. The summed E-state index contributed by atoms with van der Waals surface area (Å²) in [6, 6.07) is 14.5. The summed E-state index contributed by atoms with van der Waals surface area (Å²) in [5.74, 6) is -1.89. The molecule has 2 aromatic carbocycles. The maximum absolute atomic E-state index is 13.0. The second kappa shape index (κ2) is 7.41. The van der Waals surface area contributed by atoms with Gasteiger partial charge in [-0.1, -0.05) is 41.9 Å². The minimum atomic E-state index is -0.913. The van der Waals surface area contributed by atoms with Crippen molar-refractivity contribution in [3.8, 4) is 17.0 Å². The lowest BCUT2D eigenvalue weighted by Crippen LogP contribution is -2.36. The third kappa shape index (κ3) is 3.32. The van der Waals surface area contributed by atoms with Crippen LogP contribution in [-0.4, -0.2) is 17.1 Å². The van der Waals surface area contributed by atoms with E-state index in [9.17, 15) is 14.4 Å². The molecule has 1 heterocycles. The molecule has 132 valence electrons. The summed E-state index contributed by atoms with van der Waals surface area (Å²) < 4.78 is 11.1. The molecule has 3 aromatic rings. The molecule has 0 fully saturated rings. The highest BCUT2D eigenvalue weighted by Gasteiger charge is 2.25. The van der Waals surface area contributed by atoms with Crippen molar-refractivity contribution in [3.05, 3.63) is 86.1 Å². The molecule has 0 radical (unpaired) electrons. The number of hydrogen-bond acceptors (Lipinski definition) is 5. The Hall–Kier alpha value is -3.12. The Morgan fingerprint density at radius 1 is 1.08 bits per heavy atom. The summed E-state index contributed by atoms with van der Waals surface area (Å²) in [4.78, 5) is 37.8. The van der Waals surface area contributed by atoms with Gasteiger partial charge in [-0.25, -0.2) is 14.2 Å². The fraction of sp³-hybridized carbons (Fsp3) is 0.105. The summed E-state index contributed by atoms with van der Waals surface area (Å²) in [5.41, 5.74) is -0.500. The molecule has 0 saturated heterocycles. The average molecular weight is 372 g/mol. The van der Waals surface area contributed by atoms with E-state index in [0.29, 0.717) is 10.6 Å². The van der Waals surface area contributed by atoms with Crippen molar-refractivity contribution in [2.45, 2.75) is 6.92 Å². The molecule has 0 aliphatic heterocycles. The third-order valence-electron chi connectivity index (χ3n) is 3.62. The molecule has 0 N–H and O–H groups in total. The van der Waals surface area contributed by atoms with Crippen LogP contribution in [0.1, 0.15) is 17.3 Å². The predicted molar refractivity (Wildman–Crippen MR) is 97.0 cm³/mol. The molecule has 0 amide bonds. The van der Waals surface area contributed by atoms with E-state index in [1.165, 1.54) is 24.3 Å². The Balaban J connectivity index is 2.32. The molecule has 1 aromatic heterocycles. The number of rotatable bonds is 4. The Bertz CT molecular complexity index is 1050. The standard InChI is InChI=1S/C19H14ClNO5/c1-2-25-18(23)15-16(12-6-4-3-5-7-12)26-19(24)21(17(15)22)14-10-8-13(20)9-11-14/h3-11H,2H2,1H3. The maximum atomic E-state index is 13.0. The second-order valence-electron chi connectivity index (χ2n) is 5.28. The molecule has 0 spiro atoms. The summed E-state index contributed by atoms with van der Waals surface area (Å²) in [7, 11) is 0. The highest BCUT2D eigenvalue weighted by atomic mass is 35.5. The first-order valence-corrected chi connectivity index (χ1v) is 8.19. The minimum absolute atomic E-state index is 0.0760. The van der Waals surface area contributed by atoms with Crippen molar-refractivity contribution in [1.82, 2.24) is 4.57 Å². The molecule has 0 bridgehead atoms. The minimum Gasteiger partial charge on any atom is -0.462 e. The van der Waals surface area contributed by atoms with Crippen molar-refractivity contribution in [3.63, 3.8) is 0 Å². The van der Waals surface area contributed by atoms with Crippen molar-refractivity contribution in [1.29, 1.82) is 0 Å². The van der Waals surface area contributed by atoms with Crippen LogP contribution in [-0.2, 0) is 4.74 Å². The summed E-state index contributed by atoms with van der Waals surface area (Å²) in [6.45, 7) is 1.70. The molecular weight excluding hydrogens is 358 g/mol. The Morgan fingerprint density at radius 3 is 2.35 bits per heavy atom. The van der Waals surface area contributed by atoms with Gasteiger partial charge in [0.1, 0.15) is 0 Å². The van der Waals surface area contributed by atoms with Gasteiger partial charge in [-0.05, 0) is 31.2 Å². The molecule has 0 unspecified atom stereocenters. The van der Waals surface area contributed by atoms with E-state index in [4.69, 9.17) is 20.8 Å². The van der Waals surface area contributed by atoms with Gasteiger partial charge in [-0.15, -0.1) is 0 Å². The summed E-state index contributed by atoms with van der Waals surface area (Å²) in [6.07, 6.45) is 0. The zero-order valence-corrected chi connectivity index (χ0v) is 14.5. The molecule has 26 heavy (non-hydrogen) atoms. The first-order valence-electron chi connectivity index (χ1n) is 7.81. The van der Waals surface area contributed by atoms with Crippen LogP contribution in [0, 0.1) is 0 Å². The zero-order chi connectivity index (χ0) is 18.7. The lowest BCUT2D eigenvalue weighted by Gasteiger charge is -2.10. The second-order valence-corrected chi connectivity index (χ2v) is 5.71. The molecule has 0 atom stereocenters. The van der Waals surface area contributed by atoms with Gasteiger partial charge in [0.25, 0.3) is 5.56 Å². The van der Waals surface area contributed by atoms with E-state index in [0.717, 1.165) is 4.57 Å². The van der Waals surface area contributed by atoms with Crippen molar-refractivity contribution in [2.75, 3.05) is 6.61 Å². The number of nitrogens with zero attached hydrogens (tertiary/aromatic N) is 1. The molecule has 3 rings (SSSR count). The Kier molecular flexibility index (Phi) is 5.04. The third-order valence-corrected chi connectivity index (χ3v) is 3.87. The Morgan fingerprint density at radius 2 is 1.73 bits per heavy atom. The largest absolute Gasteiger partial charge is 0.462 e. The molecule has 7 heteroatoms. The van der Waals surface area contributed by atoms with Gasteiger partial charge in [0, 0.05) is 10.6 Å². The first-order chi connectivity index (χ1) is 12.5. The smallest absolute Gasteiger partial charge is 0.427 e. The van der Waals surface area contributed by atoms with Gasteiger partial charge in [0.15, 0.2) is 11.3 Å². The van der Waals surface area contributed by atoms with Crippen LogP contribution in [0.25, 0.3) is 17.0 Å². The zero-order valence-electron chi connectivity index (χ0n) is 13.8. The van der Waals surface area contributed by atoms with E-state index in [-0.39, 0.29) is 23.6 Å². The van der Waals surface area contributed by atoms with Crippen molar-refractivity contribution < 1.29 is 13.9 Å². The Labute approximate surface area is 153 Å². The maximum Gasteiger partial charge on any atom is 0.427 e. The lowest BCUT2D eigenvalue weighted by molar-refractivity contribution is 0.0521. The molecular formula is C19H14ClNO5. The topological polar surface area (TPSA) is 78.5 Å². The van der Waals surface area contributed by atoms with Crippen molar-refractivity contribution >= 4 is 17.6 Å². The van der Waals surface area contributed by atoms with Crippen LogP contribution >= 0.6 is 11.6 Å². The number of hydrogen-bond donors (Lipinski definition) is 0. The van der Waals surface area contributed by atoms with E-state index in [1.54, 1.807) is 37.3 Å². The highest BCUT2D eigenvalue weighted by Crippen LogP contribution is 2.21. The fourth-order valence-corrected chi connectivity index (χ4v) is 2.59. The fourth-order valence-electron chi connectivity index (χ4n) is 2.46. The number of aromatic nitrogens is 1. The van der Waals surface area contributed by atoms with Crippen LogP contribution < -0.4 is 11.3 Å². The number of esters is 1. The van der Waals surface area contributed by atoms with E-state index >= 15 is 0 Å². The van der Waals surface area contributed by atoms with E-state index < -0.39 is 17.3 Å². The van der Waals surface area contributed by atoms with Gasteiger partial charge >= 0.3 is 11.7 Å². The number of ether oxygens (including phenoxy) is 1. The van der Waals surface area contributed by atoms with Crippen molar-refractivity contribution in [2.24, 2.45) is 0 Å². The number of halogens is 1. The number of benzene rings is 2. The van der Waals surface area contributed by atoms with E-state index in [1.807, 2.05) is 0 Å². The lowest BCUT2D eigenvalue weighted by atomic mass is 10.1. The predicted octanol–water partition coefficient (Wildman–Crippen LogP) is 3.29. The molecule has 0 aliphatic rings. The molecule has 6 nitrogen and oxygen atoms in total. The van der Waals surface area contributed by atoms with Crippen LogP contribution in [0.2, 0.25) is 5.02 Å². The van der Waals surface area contributed by atoms with Gasteiger partial charge in [-0.3, -0.25) is 4.79 Å². The van der Waals surface area contributed by atoms with Gasteiger partial charge in [-0.2, -0.15) is 0 Å². The monoisotopic (exact) mass is 371 g/mol. The van der Waals surface area contributed by atoms with Crippen LogP contribution in [0.15, 0.2) is 68.6 Å². The molecule has 0 aliphatic carbocycles. The van der Waals surface area contributed by atoms with Gasteiger partial charge in [0.05, 0.1) is 12.3 Å². The van der Waals surface area contributed by atoms with Gasteiger partial charge < -0.3 is 9.15 Å². The number of carbonyl (C=O) groups excluding carboxylic acids is 1.